The van der Waals surface area contributed by atoms with Crippen LogP contribution in [0.5, 0.6) is 0 Å². The zero-order valence-electron chi connectivity index (χ0n) is 19.9. The summed E-state index contributed by atoms with van der Waals surface area (Å²) >= 11 is 0. The number of hydrogen-bond donors (Lipinski definition) is 0. The van der Waals surface area contributed by atoms with Gasteiger partial charge in [0.05, 0.1) is 5.69 Å². The van der Waals surface area contributed by atoms with E-state index in [1.54, 1.807) is 30.9 Å². The van der Waals surface area contributed by atoms with Gasteiger partial charge >= 0.3 is 0 Å². The minimum absolute atomic E-state index is 0.00490. The van der Waals surface area contributed by atoms with E-state index in [2.05, 4.69) is 15.0 Å². The first-order valence-corrected chi connectivity index (χ1v) is 11.8. The molecule has 34 heavy (non-hydrogen) atoms. The van der Waals surface area contributed by atoms with Gasteiger partial charge in [-0.1, -0.05) is 24.3 Å². The average Bonchev–Trinajstić information content (AvgIpc) is 3.26. The van der Waals surface area contributed by atoms with E-state index < -0.39 is 0 Å². The van der Waals surface area contributed by atoms with Crippen LogP contribution in [0.1, 0.15) is 41.5 Å². The summed E-state index contributed by atoms with van der Waals surface area (Å²) in [7, 11) is 1.78. The molecule has 0 atom stereocenters. The maximum absolute atomic E-state index is 13.5. The van der Waals surface area contributed by atoms with Crippen molar-refractivity contribution in [2.45, 2.75) is 32.9 Å². The highest BCUT2D eigenvalue weighted by molar-refractivity contribution is 5.94. The number of rotatable bonds is 3. The van der Waals surface area contributed by atoms with Crippen molar-refractivity contribution in [2.75, 3.05) is 31.1 Å². The molecule has 0 radical (unpaired) electrons. The highest BCUT2D eigenvalue weighted by Crippen LogP contribution is 2.24. The Hall–Kier alpha value is -3.52. The smallest absolute Gasteiger partial charge is 0.272 e. The highest BCUT2D eigenvalue weighted by Gasteiger charge is 2.23. The van der Waals surface area contributed by atoms with Crippen LogP contribution in [0.2, 0.25) is 0 Å². The Kier molecular flexibility index (Phi) is 7.69. The van der Waals surface area contributed by atoms with E-state index >= 15 is 0 Å². The number of para-hydroxylation sites is 1. The minimum Gasteiger partial charge on any atom is -0.333 e. The van der Waals surface area contributed by atoms with Gasteiger partial charge in [-0.25, -0.2) is 0 Å². The van der Waals surface area contributed by atoms with Gasteiger partial charge in [-0.3, -0.25) is 24.2 Å². The number of fused-ring (bicyclic) bond motifs is 1. The maximum atomic E-state index is 13.5. The summed E-state index contributed by atoms with van der Waals surface area (Å²) in [4.78, 5) is 36.6. The number of nitrogens with zero attached hydrogens (tertiary/aromatic N) is 6. The predicted molar refractivity (Wildman–Crippen MR) is 131 cm³/mol. The van der Waals surface area contributed by atoms with Crippen LogP contribution in [0.4, 0.5) is 5.69 Å². The minimum atomic E-state index is -0.0579. The summed E-state index contributed by atoms with van der Waals surface area (Å²) in [5, 5.41) is 4.17. The molecule has 0 N–H and O–H groups in total. The van der Waals surface area contributed by atoms with Crippen molar-refractivity contribution in [3.05, 3.63) is 77.9 Å². The van der Waals surface area contributed by atoms with E-state index in [4.69, 9.17) is 0 Å². The van der Waals surface area contributed by atoms with Gasteiger partial charge in [-0.05, 0) is 42.7 Å². The second kappa shape index (κ2) is 11.1. The van der Waals surface area contributed by atoms with Crippen LogP contribution in [0.3, 0.4) is 0 Å². The quantitative estimate of drug-likeness (QED) is 0.601. The second-order valence-corrected chi connectivity index (χ2v) is 8.67. The Labute approximate surface area is 200 Å². The molecular weight excluding hydrogens is 428 g/mol. The van der Waals surface area contributed by atoms with Gasteiger partial charge in [0.1, 0.15) is 5.69 Å². The predicted octanol–water partition coefficient (Wildman–Crippen LogP) is 3.11. The molecule has 1 aliphatic rings. The first-order chi connectivity index (χ1) is 16.5. The van der Waals surface area contributed by atoms with Crippen LogP contribution in [-0.2, 0) is 24.9 Å². The highest BCUT2D eigenvalue weighted by atomic mass is 16.2. The van der Waals surface area contributed by atoms with Gasteiger partial charge in [0, 0.05) is 71.3 Å². The van der Waals surface area contributed by atoms with Crippen LogP contribution in [0, 0.1) is 0 Å². The van der Waals surface area contributed by atoms with Gasteiger partial charge in [-0.15, -0.1) is 0 Å². The van der Waals surface area contributed by atoms with E-state index in [0.717, 1.165) is 49.4 Å². The molecule has 8 heteroatoms. The largest absolute Gasteiger partial charge is 0.333 e. The normalized spacial score (nSPS) is 15.8. The Balaban J connectivity index is 1.63. The molecule has 0 saturated carbocycles. The number of carbonyl (C=O) groups excluding carboxylic acids is 2. The summed E-state index contributed by atoms with van der Waals surface area (Å²) in [5.41, 5.74) is 3.42. The Morgan fingerprint density at radius 1 is 0.912 bits per heavy atom. The van der Waals surface area contributed by atoms with E-state index in [-0.39, 0.29) is 11.8 Å². The number of hydrogen-bond acceptors (Lipinski definition) is 5. The molecule has 0 aliphatic carbocycles. The second-order valence-electron chi connectivity index (χ2n) is 8.67. The van der Waals surface area contributed by atoms with Gasteiger partial charge < -0.3 is 9.80 Å². The van der Waals surface area contributed by atoms with Crippen molar-refractivity contribution in [3.63, 3.8) is 0 Å². The van der Waals surface area contributed by atoms with Crippen LogP contribution in [0.25, 0.3) is 0 Å². The van der Waals surface area contributed by atoms with Gasteiger partial charge in [0.2, 0.25) is 5.91 Å². The average molecular weight is 461 g/mol. The zero-order chi connectivity index (χ0) is 23.9. The summed E-state index contributed by atoms with van der Waals surface area (Å²) in [6.45, 7) is 5.70. The molecule has 3 aromatic rings. The van der Waals surface area contributed by atoms with E-state index in [9.17, 15) is 9.59 Å². The molecule has 1 aliphatic heterocycles. The molecule has 2 aromatic heterocycles. The molecule has 2 amide bonds. The number of benzene rings is 1. The third-order valence-electron chi connectivity index (χ3n) is 6.22. The standard InChI is InChI=1S/C26H32N6O2/c1-21(33)32-18-8-16-30(20-23-10-5-6-13-27-23)15-7-17-31(19-22-9-3-4-11-24(22)32)26(34)25-12-14-28-29(25)2/h3-6,9-14H,7-8,15-20H2,1-2H3. The fourth-order valence-corrected chi connectivity index (χ4v) is 4.49. The van der Waals surface area contributed by atoms with Crippen molar-refractivity contribution in [1.29, 1.82) is 0 Å². The monoisotopic (exact) mass is 460 g/mol. The lowest BCUT2D eigenvalue weighted by Gasteiger charge is -2.31. The molecule has 178 valence electrons. The first kappa shape index (κ1) is 23.6. The Morgan fingerprint density at radius 3 is 2.38 bits per heavy atom. The fraction of sp³-hybridized carbons (Fsp3) is 0.385. The van der Waals surface area contributed by atoms with Crippen molar-refractivity contribution in [2.24, 2.45) is 7.05 Å². The number of aryl methyl sites for hydroxylation is 1. The molecule has 8 nitrogen and oxygen atoms in total. The van der Waals surface area contributed by atoms with E-state index in [1.165, 1.54) is 0 Å². The molecule has 3 heterocycles. The molecule has 0 saturated heterocycles. The summed E-state index contributed by atoms with van der Waals surface area (Å²) in [5.74, 6) is -0.0530. The molecule has 0 bridgehead atoms. The third-order valence-corrected chi connectivity index (χ3v) is 6.22. The van der Waals surface area contributed by atoms with Crippen LogP contribution in [0.15, 0.2) is 60.9 Å². The topological polar surface area (TPSA) is 74.6 Å². The summed E-state index contributed by atoms with van der Waals surface area (Å²) < 4.78 is 1.61. The molecular formula is C26H32N6O2. The molecule has 0 fully saturated rings. The van der Waals surface area contributed by atoms with E-state index in [1.807, 2.05) is 58.5 Å². The Bertz CT molecular complexity index is 1110. The van der Waals surface area contributed by atoms with Crippen molar-refractivity contribution >= 4 is 17.5 Å². The summed E-state index contributed by atoms with van der Waals surface area (Å²) in [6, 6.07) is 15.6. The van der Waals surface area contributed by atoms with E-state index in [0.29, 0.717) is 25.3 Å². The van der Waals surface area contributed by atoms with Crippen molar-refractivity contribution in [3.8, 4) is 0 Å². The van der Waals surface area contributed by atoms with Gasteiger partial charge in [0.15, 0.2) is 0 Å². The fourth-order valence-electron chi connectivity index (χ4n) is 4.49. The molecule has 0 spiro atoms. The number of aromatic nitrogens is 3. The number of carbonyl (C=O) groups is 2. The van der Waals surface area contributed by atoms with Crippen LogP contribution in [-0.4, -0.2) is 62.6 Å². The lowest BCUT2D eigenvalue weighted by molar-refractivity contribution is -0.116. The number of amides is 2. The lowest BCUT2D eigenvalue weighted by atomic mass is 10.1. The summed E-state index contributed by atoms with van der Waals surface area (Å²) in [6.07, 6.45) is 5.16. The first-order valence-electron chi connectivity index (χ1n) is 11.8. The number of pyridine rings is 1. The van der Waals surface area contributed by atoms with Crippen LogP contribution >= 0.6 is 0 Å². The van der Waals surface area contributed by atoms with Crippen molar-refractivity contribution in [1.82, 2.24) is 24.6 Å². The maximum Gasteiger partial charge on any atom is 0.272 e. The molecule has 1 aromatic carbocycles. The van der Waals surface area contributed by atoms with Gasteiger partial charge in [-0.2, -0.15) is 5.10 Å². The zero-order valence-corrected chi connectivity index (χ0v) is 19.9. The Morgan fingerprint density at radius 2 is 1.68 bits per heavy atom. The van der Waals surface area contributed by atoms with Gasteiger partial charge in [0.25, 0.3) is 5.91 Å². The van der Waals surface area contributed by atoms with Crippen molar-refractivity contribution < 1.29 is 9.59 Å². The molecule has 0 unspecified atom stereocenters. The van der Waals surface area contributed by atoms with Crippen LogP contribution < -0.4 is 4.90 Å². The third kappa shape index (κ3) is 5.69. The SMILES string of the molecule is CC(=O)N1CCCN(Cc2ccccn2)CCCN(C(=O)c2ccnn2C)Cc2ccccc21. The lowest BCUT2D eigenvalue weighted by Crippen LogP contribution is -2.38. The number of anilines is 1. The molecule has 4 rings (SSSR count).